The number of primary amides is 1. The summed E-state index contributed by atoms with van der Waals surface area (Å²) in [6, 6.07) is -8.02. The van der Waals surface area contributed by atoms with Crippen molar-refractivity contribution < 1.29 is 83.1 Å². The fraction of sp³-hybridized carbons (Fsp3) is 0.617. The standard InChI is InChI=1S/C47H76N12O17S/c1-22(2)16-29(55-42(70)30(56-45(73)37(50)23(3)4)17-25-9-11-26(62)12-10-25)41(69)57-32(20-60)43(71)54-28(13-14-36(65)66)39(67)58-33(21-77)44(72)53-27(8-6-7-15-48)40(68)59-38(24(5)61)46(74)51-19-35(64)52-31(47(75)76)18-34(49)63/h9-12,22-24,27-33,37-38,60-62,77H,6-8,13-21,48,50H2,1-5H3,(H2,49,63)(H,51,74)(H,52,64)(H,53,72)(H,54,71)(H,55,70)(H,56,73)(H,57,69)(H,58,67)(H,59,68)(H,65,66)(H,75,76)/t24-,27+,28+,29+,30+,31+,32+,33+,37+,38+/m1/s1. The number of carboxylic acids is 2. The van der Waals surface area contributed by atoms with Crippen LogP contribution in [0.15, 0.2) is 24.3 Å². The van der Waals surface area contributed by atoms with Gasteiger partial charge in [0.25, 0.3) is 0 Å². The largest absolute Gasteiger partial charge is 0.508 e. The number of phenolic OH excluding ortho intramolecular Hbond substituents is 1. The smallest absolute Gasteiger partial charge is 0.326 e. The van der Waals surface area contributed by atoms with Crippen LogP contribution in [0.3, 0.4) is 0 Å². The van der Waals surface area contributed by atoms with Gasteiger partial charge in [0.15, 0.2) is 0 Å². The van der Waals surface area contributed by atoms with E-state index < -0.39 is 170 Å². The fourth-order valence-corrected chi connectivity index (χ4v) is 7.24. The van der Waals surface area contributed by atoms with Crippen molar-refractivity contribution in [2.45, 2.75) is 146 Å². The maximum atomic E-state index is 13.8. The van der Waals surface area contributed by atoms with Crippen molar-refractivity contribution in [1.82, 2.24) is 47.9 Å². The molecule has 0 bridgehead atoms. The molecule has 0 unspecified atom stereocenters. The molecule has 0 fully saturated rings. The molecule has 432 valence electrons. The van der Waals surface area contributed by atoms with E-state index in [0.29, 0.717) is 12.0 Å². The maximum Gasteiger partial charge on any atom is 0.326 e. The van der Waals surface area contributed by atoms with Gasteiger partial charge in [-0.2, -0.15) is 12.6 Å². The number of carbonyl (C=O) groups is 12. The molecule has 77 heavy (non-hydrogen) atoms. The highest BCUT2D eigenvalue weighted by Gasteiger charge is 2.36. The summed E-state index contributed by atoms with van der Waals surface area (Å²) in [7, 11) is 0. The highest BCUT2D eigenvalue weighted by molar-refractivity contribution is 7.80. The third-order valence-corrected chi connectivity index (χ3v) is 11.8. The van der Waals surface area contributed by atoms with Crippen LogP contribution < -0.4 is 65.1 Å². The molecule has 1 aromatic rings. The van der Waals surface area contributed by atoms with E-state index >= 15 is 0 Å². The predicted octanol–water partition coefficient (Wildman–Crippen LogP) is -5.78. The molecule has 29 nitrogen and oxygen atoms in total. The van der Waals surface area contributed by atoms with E-state index in [2.05, 4.69) is 55.2 Å². The van der Waals surface area contributed by atoms with Crippen molar-refractivity contribution in [1.29, 1.82) is 0 Å². The number of phenols is 1. The summed E-state index contributed by atoms with van der Waals surface area (Å²) >= 11 is 4.14. The first-order valence-electron chi connectivity index (χ1n) is 24.6. The summed E-state index contributed by atoms with van der Waals surface area (Å²) in [4.78, 5) is 155. The topological polar surface area (TPSA) is 492 Å². The third-order valence-electron chi connectivity index (χ3n) is 11.4. The molecule has 20 N–H and O–H groups in total. The molecule has 1 aromatic carbocycles. The van der Waals surface area contributed by atoms with Crippen molar-refractivity contribution in [3.8, 4) is 5.75 Å². The van der Waals surface area contributed by atoms with Gasteiger partial charge in [-0.15, -0.1) is 0 Å². The summed E-state index contributed by atoms with van der Waals surface area (Å²) in [5, 5.41) is 70.1. The molecule has 10 atom stereocenters. The van der Waals surface area contributed by atoms with Crippen LogP contribution in [0, 0.1) is 11.8 Å². The number of aliphatic hydroxyl groups excluding tert-OH is 2. The van der Waals surface area contributed by atoms with E-state index in [4.69, 9.17) is 17.2 Å². The second-order valence-electron chi connectivity index (χ2n) is 18.8. The minimum absolute atomic E-state index is 0.0225. The van der Waals surface area contributed by atoms with Gasteiger partial charge in [0, 0.05) is 18.6 Å². The van der Waals surface area contributed by atoms with E-state index in [0.717, 1.165) is 6.92 Å². The molecule has 0 aliphatic rings. The summed E-state index contributed by atoms with van der Waals surface area (Å²) in [5.74, 6) is -14.2. The van der Waals surface area contributed by atoms with E-state index in [9.17, 15) is 83.1 Å². The predicted molar refractivity (Wildman–Crippen MR) is 276 cm³/mol. The Balaban J connectivity index is 3.31. The van der Waals surface area contributed by atoms with Crippen molar-refractivity contribution in [2.24, 2.45) is 29.0 Å². The molecule has 0 aliphatic heterocycles. The maximum absolute atomic E-state index is 13.8. The molecule has 0 saturated heterocycles. The first-order chi connectivity index (χ1) is 36.0. The van der Waals surface area contributed by atoms with Gasteiger partial charge in [-0.1, -0.05) is 39.8 Å². The van der Waals surface area contributed by atoms with Crippen LogP contribution in [0.1, 0.15) is 85.1 Å². The van der Waals surface area contributed by atoms with Crippen LogP contribution in [0.4, 0.5) is 0 Å². The van der Waals surface area contributed by atoms with Crippen LogP contribution in [0.5, 0.6) is 5.75 Å². The summed E-state index contributed by atoms with van der Waals surface area (Å²) in [5.41, 5.74) is 17.2. The van der Waals surface area contributed by atoms with E-state index in [1.807, 2.05) is 5.32 Å². The second-order valence-corrected chi connectivity index (χ2v) is 19.2. The van der Waals surface area contributed by atoms with Crippen molar-refractivity contribution in [3.05, 3.63) is 29.8 Å². The monoisotopic (exact) mass is 1110 g/mol. The van der Waals surface area contributed by atoms with Gasteiger partial charge < -0.3 is 90.6 Å². The minimum atomic E-state index is -1.82. The number of thiol groups is 1. The zero-order chi connectivity index (χ0) is 58.7. The number of aromatic hydroxyl groups is 1. The second kappa shape index (κ2) is 34.5. The van der Waals surface area contributed by atoms with Crippen LogP contribution in [0.25, 0.3) is 0 Å². The SMILES string of the molecule is CC(C)C[C@H](NC(=O)[C@H](Cc1ccc(O)cc1)NC(=O)[C@@H](N)C(C)C)C(=O)N[C@@H](CO)C(=O)N[C@@H](CCC(=O)O)C(=O)N[C@@H](CS)C(=O)N[C@@H](CCCCN)C(=O)N[C@H](C(=O)NCC(=O)N[C@@H](CC(N)=O)C(=O)O)[C@@H](C)O. The number of nitrogens with two attached hydrogens (primary N) is 3. The molecule has 0 saturated carbocycles. The van der Waals surface area contributed by atoms with Gasteiger partial charge in [0.05, 0.1) is 31.7 Å². The van der Waals surface area contributed by atoms with Crippen molar-refractivity contribution in [2.75, 3.05) is 25.4 Å². The number of aliphatic carboxylic acids is 2. The number of unbranched alkanes of at least 4 members (excludes halogenated alkanes) is 1. The lowest BCUT2D eigenvalue weighted by Gasteiger charge is -2.28. The zero-order valence-corrected chi connectivity index (χ0v) is 44.4. The number of carbonyl (C=O) groups excluding carboxylic acids is 10. The number of benzene rings is 1. The molecule has 0 aromatic heterocycles. The van der Waals surface area contributed by atoms with Crippen molar-refractivity contribution >= 4 is 83.6 Å². The molecule has 0 heterocycles. The Morgan fingerprint density at radius 3 is 1.61 bits per heavy atom. The Morgan fingerprint density at radius 1 is 0.610 bits per heavy atom. The quantitative estimate of drug-likeness (QED) is 0.0220. The first kappa shape index (κ1) is 67.9. The minimum Gasteiger partial charge on any atom is -0.508 e. The van der Waals surface area contributed by atoms with Crippen LogP contribution in [0.2, 0.25) is 0 Å². The summed E-state index contributed by atoms with van der Waals surface area (Å²) < 4.78 is 0. The van der Waals surface area contributed by atoms with Gasteiger partial charge in [-0.3, -0.25) is 52.7 Å². The number of aliphatic hydroxyl groups is 2. The van der Waals surface area contributed by atoms with Gasteiger partial charge in [0.1, 0.15) is 54.1 Å². The Bertz CT molecular complexity index is 2200. The molecular weight excluding hydrogens is 1040 g/mol. The van der Waals surface area contributed by atoms with E-state index in [1.165, 1.54) is 24.3 Å². The Kier molecular flexibility index (Phi) is 30.4. The van der Waals surface area contributed by atoms with E-state index in [-0.39, 0.29) is 49.8 Å². The van der Waals surface area contributed by atoms with Crippen LogP contribution >= 0.6 is 12.6 Å². The molecule has 0 spiro atoms. The Hall–Kier alpha value is -7.15. The number of rotatable bonds is 36. The number of hydrogen-bond donors (Lipinski definition) is 18. The normalized spacial score (nSPS) is 15.0. The average molecular weight is 1110 g/mol. The van der Waals surface area contributed by atoms with Gasteiger partial charge in [-0.05, 0) is 75.1 Å². The zero-order valence-electron chi connectivity index (χ0n) is 43.5. The Labute approximate surface area is 449 Å². The van der Waals surface area contributed by atoms with E-state index in [1.54, 1.807) is 27.7 Å². The van der Waals surface area contributed by atoms with Crippen LogP contribution in [-0.2, 0) is 64.0 Å². The first-order valence-corrected chi connectivity index (χ1v) is 25.2. The van der Waals surface area contributed by atoms with Gasteiger partial charge >= 0.3 is 11.9 Å². The fourth-order valence-electron chi connectivity index (χ4n) is 6.98. The molecule has 10 amide bonds. The average Bonchev–Trinajstić information content (AvgIpc) is 3.35. The molecule has 30 heteroatoms. The number of hydrogen-bond acceptors (Lipinski definition) is 18. The lowest BCUT2D eigenvalue weighted by Crippen LogP contribution is -2.61. The third kappa shape index (κ3) is 25.5. The molecule has 0 radical (unpaired) electrons. The lowest BCUT2D eigenvalue weighted by molar-refractivity contribution is -0.143. The molecule has 0 aliphatic carbocycles. The number of nitrogens with one attached hydrogen (secondary N) is 9. The van der Waals surface area contributed by atoms with Gasteiger partial charge in [-0.25, -0.2) is 4.79 Å². The van der Waals surface area contributed by atoms with Crippen LogP contribution in [-0.4, -0.2) is 182 Å². The molecular formula is C47H76N12O17S. The number of carboxylic acid groups (broad SMARTS) is 2. The summed E-state index contributed by atoms with van der Waals surface area (Å²) in [6.45, 7) is 6.18. The highest BCUT2D eigenvalue weighted by Crippen LogP contribution is 2.14. The molecule has 1 rings (SSSR count). The lowest BCUT2D eigenvalue weighted by atomic mass is 9.99. The highest BCUT2D eigenvalue weighted by atomic mass is 32.1. The van der Waals surface area contributed by atoms with Gasteiger partial charge in [0.2, 0.25) is 59.1 Å². The Morgan fingerprint density at radius 2 is 1.10 bits per heavy atom. The summed E-state index contributed by atoms with van der Waals surface area (Å²) in [6.07, 6.45) is -3.37. The number of amides is 10. The van der Waals surface area contributed by atoms with Crippen molar-refractivity contribution in [3.63, 3.8) is 0 Å².